The molecule has 6 nitrogen and oxygen atoms in total. The highest BCUT2D eigenvalue weighted by molar-refractivity contribution is 9.10. The number of amides is 1. The Morgan fingerprint density at radius 3 is 2.65 bits per heavy atom. The Morgan fingerprint density at radius 1 is 1.29 bits per heavy atom. The largest absolute Gasteiger partial charge is 0.381 e. The molecule has 0 radical (unpaired) electrons. The van der Waals surface area contributed by atoms with Crippen LogP contribution in [0.3, 0.4) is 0 Å². The molecule has 2 heterocycles. The van der Waals surface area contributed by atoms with Gasteiger partial charge in [-0.1, -0.05) is 15.9 Å². The van der Waals surface area contributed by atoms with Crippen LogP contribution in [0, 0.1) is 6.92 Å². The van der Waals surface area contributed by atoms with Gasteiger partial charge in [0.2, 0.25) is 0 Å². The molecule has 0 aromatic heterocycles. The standard InChI is InChI=1S/C24H30BrN3O3/c1-5-28(19-6-8-31-9-7-19)23-12-18(25)11-20(17(23)4)24(30)26-13-21-15(2)10-16(3)27-22(21)14-29/h10-12,19,27H,5-9,13H2,1-4H3,(H,26,30). The number of nitrogens with zero attached hydrogens (tertiary/aromatic N) is 1. The predicted molar refractivity (Wildman–Crippen MR) is 127 cm³/mol. The van der Waals surface area contributed by atoms with Crippen LogP contribution < -0.4 is 15.5 Å². The molecule has 1 amide bonds. The van der Waals surface area contributed by atoms with Crippen LogP contribution in [0.15, 0.2) is 45.2 Å². The average molecular weight is 488 g/mol. The van der Waals surface area contributed by atoms with Gasteiger partial charge in [0.1, 0.15) is 5.70 Å². The molecule has 0 saturated carbocycles. The molecule has 1 fully saturated rings. The minimum absolute atomic E-state index is 0.167. The second-order valence-electron chi connectivity index (χ2n) is 8.00. The molecule has 0 unspecified atom stereocenters. The first kappa shape index (κ1) is 23.3. The van der Waals surface area contributed by atoms with Gasteiger partial charge in [0, 0.05) is 59.3 Å². The smallest absolute Gasteiger partial charge is 0.251 e. The van der Waals surface area contributed by atoms with Crippen molar-refractivity contribution in [2.45, 2.75) is 46.6 Å². The number of anilines is 1. The Labute approximate surface area is 192 Å². The lowest BCUT2D eigenvalue weighted by molar-refractivity contribution is 0.0846. The normalized spacial score (nSPS) is 17.1. The molecule has 31 heavy (non-hydrogen) atoms. The molecule has 1 saturated heterocycles. The van der Waals surface area contributed by atoms with E-state index in [0.29, 0.717) is 17.3 Å². The van der Waals surface area contributed by atoms with E-state index in [1.54, 1.807) is 0 Å². The van der Waals surface area contributed by atoms with Crippen LogP contribution in [0.2, 0.25) is 0 Å². The van der Waals surface area contributed by atoms with E-state index in [2.05, 4.69) is 44.5 Å². The van der Waals surface area contributed by atoms with Gasteiger partial charge in [0.05, 0.1) is 0 Å². The topological polar surface area (TPSA) is 70.7 Å². The van der Waals surface area contributed by atoms with Crippen LogP contribution in [0.4, 0.5) is 5.69 Å². The molecule has 0 atom stereocenters. The Bertz CT molecular complexity index is 971. The maximum atomic E-state index is 13.1. The molecule has 0 spiro atoms. The highest BCUT2D eigenvalue weighted by atomic mass is 79.9. The first-order valence-corrected chi connectivity index (χ1v) is 11.5. The fraction of sp³-hybridized carbons (Fsp3) is 0.458. The van der Waals surface area contributed by atoms with Gasteiger partial charge >= 0.3 is 0 Å². The number of dihydropyridines is 1. The molecule has 2 aliphatic heterocycles. The third kappa shape index (κ3) is 5.29. The molecule has 7 heteroatoms. The summed E-state index contributed by atoms with van der Waals surface area (Å²) < 4.78 is 6.39. The highest BCUT2D eigenvalue weighted by Crippen LogP contribution is 2.32. The molecule has 166 valence electrons. The van der Waals surface area contributed by atoms with Crippen molar-refractivity contribution >= 4 is 33.5 Å². The number of hydrogen-bond donors (Lipinski definition) is 2. The number of carbonyl (C=O) groups excluding carboxylic acids is 2. The van der Waals surface area contributed by atoms with E-state index in [9.17, 15) is 9.59 Å². The SMILES string of the molecule is CCN(c1cc(Br)cc(C(=O)NCC2=C(C)C=C(C)NC2=C=O)c1C)C1CCOCC1. The van der Waals surface area contributed by atoms with E-state index in [0.717, 1.165) is 65.2 Å². The number of rotatable bonds is 6. The lowest BCUT2D eigenvalue weighted by Crippen LogP contribution is -2.40. The van der Waals surface area contributed by atoms with Gasteiger partial charge in [0.15, 0.2) is 5.94 Å². The van der Waals surface area contributed by atoms with Gasteiger partial charge in [-0.2, -0.15) is 0 Å². The van der Waals surface area contributed by atoms with Crippen LogP contribution in [-0.4, -0.2) is 44.2 Å². The molecule has 0 bridgehead atoms. The van der Waals surface area contributed by atoms with Gasteiger partial charge in [-0.05, 0) is 69.9 Å². The fourth-order valence-corrected chi connectivity index (χ4v) is 4.76. The Morgan fingerprint density at radius 2 is 2.00 bits per heavy atom. The van der Waals surface area contributed by atoms with E-state index in [4.69, 9.17) is 4.74 Å². The zero-order valence-corrected chi connectivity index (χ0v) is 20.2. The maximum Gasteiger partial charge on any atom is 0.251 e. The van der Waals surface area contributed by atoms with Crippen molar-refractivity contribution in [1.29, 1.82) is 0 Å². The third-order valence-corrected chi connectivity index (χ3v) is 6.39. The summed E-state index contributed by atoms with van der Waals surface area (Å²) in [6.45, 7) is 10.6. The van der Waals surface area contributed by atoms with Crippen LogP contribution in [0.25, 0.3) is 0 Å². The number of hydrogen-bond acceptors (Lipinski definition) is 5. The van der Waals surface area contributed by atoms with E-state index >= 15 is 0 Å². The van der Waals surface area contributed by atoms with Gasteiger partial charge in [-0.3, -0.25) is 4.79 Å². The summed E-state index contributed by atoms with van der Waals surface area (Å²) in [5.41, 5.74) is 5.59. The van der Waals surface area contributed by atoms with Crippen LogP contribution in [0.5, 0.6) is 0 Å². The molecular weight excluding hydrogens is 458 g/mol. The zero-order valence-electron chi connectivity index (χ0n) is 18.6. The monoisotopic (exact) mass is 487 g/mol. The van der Waals surface area contributed by atoms with Gasteiger partial charge in [-0.15, -0.1) is 0 Å². The summed E-state index contributed by atoms with van der Waals surface area (Å²) in [7, 11) is 0. The molecular formula is C24H30BrN3O3. The fourth-order valence-electron chi connectivity index (χ4n) is 4.32. The number of ether oxygens (including phenoxy) is 1. The van der Waals surface area contributed by atoms with Gasteiger partial charge < -0.3 is 20.3 Å². The number of benzene rings is 1. The number of allylic oxidation sites excluding steroid dienone is 3. The molecule has 1 aromatic carbocycles. The summed E-state index contributed by atoms with van der Waals surface area (Å²) in [5, 5.41) is 6.00. The average Bonchev–Trinajstić information content (AvgIpc) is 2.75. The maximum absolute atomic E-state index is 13.1. The lowest BCUT2D eigenvalue weighted by atomic mass is 10.00. The van der Waals surface area contributed by atoms with Gasteiger partial charge in [-0.25, -0.2) is 4.79 Å². The zero-order chi connectivity index (χ0) is 22.5. The van der Waals surface area contributed by atoms with Crippen molar-refractivity contribution in [3.05, 3.63) is 56.3 Å². The second-order valence-corrected chi connectivity index (χ2v) is 8.92. The Hall–Kier alpha value is -2.34. The van der Waals surface area contributed by atoms with Crippen molar-refractivity contribution in [3.63, 3.8) is 0 Å². The number of halogens is 1. The van der Waals surface area contributed by atoms with E-state index < -0.39 is 0 Å². The van der Waals surface area contributed by atoms with Crippen LogP contribution in [-0.2, 0) is 9.53 Å². The minimum atomic E-state index is -0.167. The number of nitrogens with one attached hydrogen (secondary N) is 2. The molecule has 0 aliphatic carbocycles. The first-order valence-electron chi connectivity index (χ1n) is 10.7. The van der Waals surface area contributed by atoms with E-state index in [-0.39, 0.29) is 12.5 Å². The third-order valence-electron chi connectivity index (χ3n) is 5.93. The van der Waals surface area contributed by atoms with Crippen molar-refractivity contribution in [2.75, 3.05) is 31.2 Å². The van der Waals surface area contributed by atoms with E-state index in [1.165, 1.54) is 0 Å². The van der Waals surface area contributed by atoms with Crippen molar-refractivity contribution in [3.8, 4) is 0 Å². The Kier molecular flexibility index (Phi) is 7.76. The first-order chi connectivity index (χ1) is 14.8. The predicted octanol–water partition coefficient (Wildman–Crippen LogP) is 4.03. The van der Waals surface area contributed by atoms with Crippen molar-refractivity contribution < 1.29 is 14.3 Å². The van der Waals surface area contributed by atoms with Crippen LogP contribution in [0.1, 0.15) is 49.5 Å². The lowest BCUT2D eigenvalue weighted by Gasteiger charge is -2.36. The number of carbonyl (C=O) groups is 1. The van der Waals surface area contributed by atoms with Crippen molar-refractivity contribution in [1.82, 2.24) is 10.6 Å². The molecule has 2 N–H and O–H groups in total. The quantitative estimate of drug-likeness (QED) is 0.592. The summed E-state index contributed by atoms with van der Waals surface area (Å²) in [5.74, 6) is 1.78. The summed E-state index contributed by atoms with van der Waals surface area (Å²) in [6, 6.07) is 4.34. The minimum Gasteiger partial charge on any atom is -0.381 e. The van der Waals surface area contributed by atoms with Crippen LogP contribution >= 0.6 is 15.9 Å². The van der Waals surface area contributed by atoms with Gasteiger partial charge in [0.25, 0.3) is 5.91 Å². The molecule has 1 aromatic rings. The second kappa shape index (κ2) is 10.3. The molecule has 3 rings (SSSR count). The molecule has 2 aliphatic rings. The summed E-state index contributed by atoms with van der Waals surface area (Å²) in [4.78, 5) is 26.9. The van der Waals surface area contributed by atoms with E-state index in [1.807, 2.05) is 38.9 Å². The summed E-state index contributed by atoms with van der Waals surface area (Å²) >= 11 is 3.59. The highest BCUT2D eigenvalue weighted by Gasteiger charge is 2.24. The Balaban J connectivity index is 1.85. The van der Waals surface area contributed by atoms with Crippen molar-refractivity contribution in [2.24, 2.45) is 0 Å². The summed E-state index contributed by atoms with van der Waals surface area (Å²) in [6.07, 6.45) is 3.92.